The Hall–Kier alpha value is -0.680. The van der Waals surface area contributed by atoms with E-state index in [9.17, 15) is 0 Å². The first-order valence-electron chi connectivity index (χ1n) is 6.15. The molecule has 16 heavy (non-hydrogen) atoms. The summed E-state index contributed by atoms with van der Waals surface area (Å²) < 4.78 is 4.09. The van der Waals surface area contributed by atoms with Gasteiger partial charge in [-0.25, -0.2) is 4.98 Å². The molecule has 1 atom stereocenters. The van der Waals surface area contributed by atoms with E-state index in [1.807, 2.05) is 0 Å². The van der Waals surface area contributed by atoms with E-state index in [4.69, 9.17) is 0 Å². The van der Waals surface area contributed by atoms with E-state index >= 15 is 0 Å². The fraction of sp³-hybridized carbons (Fsp3) is 0.818. The molecule has 1 aromatic rings. The normalized spacial score (nSPS) is 20.2. The summed E-state index contributed by atoms with van der Waals surface area (Å²) in [4.78, 5) is 6.70. The van der Waals surface area contributed by atoms with Crippen LogP contribution in [0.25, 0.3) is 0 Å². The number of hydrogen-bond acceptors (Lipinski definition) is 5. The summed E-state index contributed by atoms with van der Waals surface area (Å²) in [6, 6.07) is 0.640. The van der Waals surface area contributed by atoms with Gasteiger partial charge in [0.25, 0.3) is 0 Å². The predicted octanol–water partition coefficient (Wildman–Crippen LogP) is 1.90. The number of nitrogens with zero attached hydrogens (tertiary/aromatic N) is 3. The summed E-state index contributed by atoms with van der Waals surface area (Å²) >= 11 is 1.50. The van der Waals surface area contributed by atoms with Crippen molar-refractivity contribution in [2.24, 2.45) is 0 Å². The smallest absolute Gasteiger partial charge is 0.204 e. The lowest BCUT2D eigenvalue weighted by Gasteiger charge is -2.24. The van der Waals surface area contributed by atoms with Crippen LogP contribution in [0.3, 0.4) is 0 Å². The monoisotopic (exact) mass is 240 g/mol. The van der Waals surface area contributed by atoms with Gasteiger partial charge in [-0.05, 0) is 25.8 Å². The largest absolute Gasteiger partial charge is 0.345 e. The lowest BCUT2D eigenvalue weighted by atomic mass is 10.2. The quantitative estimate of drug-likeness (QED) is 0.824. The van der Waals surface area contributed by atoms with Crippen molar-refractivity contribution in [3.8, 4) is 0 Å². The zero-order valence-electron chi connectivity index (χ0n) is 9.85. The van der Waals surface area contributed by atoms with Gasteiger partial charge < -0.3 is 10.2 Å². The molecule has 0 radical (unpaired) electrons. The Morgan fingerprint density at radius 3 is 3.19 bits per heavy atom. The fourth-order valence-electron chi connectivity index (χ4n) is 2.10. The van der Waals surface area contributed by atoms with Crippen LogP contribution in [0.4, 0.5) is 5.13 Å². The molecule has 1 aromatic heterocycles. The molecule has 5 heteroatoms. The molecule has 0 saturated carbocycles. The second-order valence-corrected chi connectivity index (χ2v) is 5.08. The molecule has 1 fully saturated rings. The van der Waals surface area contributed by atoms with Gasteiger partial charge in [-0.1, -0.05) is 13.3 Å². The van der Waals surface area contributed by atoms with Gasteiger partial charge in [-0.15, -0.1) is 0 Å². The minimum absolute atomic E-state index is 0.640. The molecule has 0 aliphatic carbocycles. The predicted molar refractivity (Wildman–Crippen MR) is 68.1 cm³/mol. The summed E-state index contributed by atoms with van der Waals surface area (Å²) in [7, 11) is 0. The van der Waals surface area contributed by atoms with Gasteiger partial charge in [0.15, 0.2) is 0 Å². The molecule has 1 N–H and O–H groups in total. The Morgan fingerprint density at radius 2 is 2.56 bits per heavy atom. The number of nitrogens with one attached hydrogen (secondary N) is 1. The molecule has 0 spiro atoms. The summed E-state index contributed by atoms with van der Waals surface area (Å²) in [5.41, 5.74) is 0. The molecular formula is C11H20N4S. The Balaban J connectivity index is 1.91. The van der Waals surface area contributed by atoms with Crippen molar-refractivity contribution >= 4 is 16.7 Å². The summed E-state index contributed by atoms with van der Waals surface area (Å²) in [6.07, 6.45) is 6.71. The van der Waals surface area contributed by atoms with Crippen LogP contribution in [-0.4, -0.2) is 35.0 Å². The summed E-state index contributed by atoms with van der Waals surface area (Å²) in [5, 5.41) is 4.61. The molecular weight excluding hydrogens is 220 g/mol. The van der Waals surface area contributed by atoms with Crippen molar-refractivity contribution in [2.75, 3.05) is 24.5 Å². The average molecular weight is 240 g/mol. The van der Waals surface area contributed by atoms with Crippen LogP contribution in [0.5, 0.6) is 0 Å². The Kier molecular flexibility index (Phi) is 4.54. The van der Waals surface area contributed by atoms with E-state index in [0.717, 1.165) is 18.2 Å². The van der Waals surface area contributed by atoms with Crippen molar-refractivity contribution < 1.29 is 0 Å². The molecule has 1 saturated heterocycles. The third kappa shape index (κ3) is 3.15. The third-order valence-corrected chi connectivity index (χ3v) is 3.73. The zero-order chi connectivity index (χ0) is 11.2. The molecule has 1 aliphatic rings. The number of hydrogen-bond donors (Lipinski definition) is 1. The van der Waals surface area contributed by atoms with Crippen LogP contribution in [-0.2, 0) is 0 Å². The molecule has 0 amide bonds. The molecule has 2 heterocycles. The maximum Gasteiger partial charge on any atom is 0.204 e. The van der Waals surface area contributed by atoms with E-state index < -0.39 is 0 Å². The second-order valence-electron chi connectivity index (χ2n) is 4.32. The first kappa shape index (κ1) is 11.8. The van der Waals surface area contributed by atoms with Gasteiger partial charge in [0.05, 0.1) is 0 Å². The zero-order valence-corrected chi connectivity index (χ0v) is 10.7. The maximum absolute atomic E-state index is 4.32. The van der Waals surface area contributed by atoms with Crippen molar-refractivity contribution in [3.63, 3.8) is 0 Å². The molecule has 1 unspecified atom stereocenters. The summed E-state index contributed by atoms with van der Waals surface area (Å²) in [5.74, 6) is 0. The van der Waals surface area contributed by atoms with Gasteiger partial charge in [0.1, 0.15) is 6.33 Å². The van der Waals surface area contributed by atoms with E-state index in [1.165, 1.54) is 43.8 Å². The Bertz CT molecular complexity index is 282. The highest BCUT2D eigenvalue weighted by Gasteiger charge is 2.19. The first-order chi connectivity index (χ1) is 7.90. The van der Waals surface area contributed by atoms with Gasteiger partial charge >= 0.3 is 0 Å². The van der Waals surface area contributed by atoms with E-state index in [1.54, 1.807) is 6.33 Å². The van der Waals surface area contributed by atoms with Crippen LogP contribution < -0.4 is 10.2 Å². The standard InChI is InChI=1S/C11H20N4S/c1-2-3-7-15(11-13-9-14-16-11)8-10-5-4-6-12-10/h9-10,12H,2-8H2,1H3. The highest BCUT2D eigenvalue weighted by atomic mass is 32.1. The van der Waals surface area contributed by atoms with Crippen molar-refractivity contribution in [1.29, 1.82) is 0 Å². The molecule has 2 rings (SSSR count). The minimum atomic E-state index is 0.640. The lowest BCUT2D eigenvalue weighted by Crippen LogP contribution is -2.38. The number of unbranched alkanes of at least 4 members (excludes halogenated alkanes) is 1. The topological polar surface area (TPSA) is 41.0 Å². The van der Waals surface area contributed by atoms with Crippen LogP contribution in [0.15, 0.2) is 6.33 Å². The van der Waals surface area contributed by atoms with E-state index in [0.29, 0.717) is 6.04 Å². The average Bonchev–Trinajstić information content (AvgIpc) is 2.96. The van der Waals surface area contributed by atoms with Crippen LogP contribution in [0.1, 0.15) is 32.6 Å². The number of anilines is 1. The minimum Gasteiger partial charge on any atom is -0.345 e. The fourth-order valence-corrected chi connectivity index (χ4v) is 2.66. The molecule has 4 nitrogen and oxygen atoms in total. The Morgan fingerprint density at radius 1 is 1.62 bits per heavy atom. The number of aromatic nitrogens is 2. The molecule has 0 aromatic carbocycles. The van der Waals surface area contributed by atoms with Crippen LogP contribution >= 0.6 is 11.5 Å². The lowest BCUT2D eigenvalue weighted by molar-refractivity contribution is 0.571. The van der Waals surface area contributed by atoms with Gasteiger partial charge in [0.2, 0.25) is 5.13 Å². The van der Waals surface area contributed by atoms with Crippen LogP contribution in [0.2, 0.25) is 0 Å². The molecule has 90 valence electrons. The van der Waals surface area contributed by atoms with Gasteiger partial charge in [-0.2, -0.15) is 4.37 Å². The van der Waals surface area contributed by atoms with E-state index in [-0.39, 0.29) is 0 Å². The van der Waals surface area contributed by atoms with E-state index in [2.05, 4.69) is 26.5 Å². The second kappa shape index (κ2) is 6.15. The Labute approximate surface area is 101 Å². The van der Waals surface area contributed by atoms with Gasteiger partial charge in [-0.3, -0.25) is 0 Å². The number of rotatable bonds is 6. The highest BCUT2D eigenvalue weighted by Crippen LogP contribution is 2.18. The SMILES string of the molecule is CCCCN(CC1CCCN1)c1ncns1. The van der Waals surface area contributed by atoms with Gasteiger partial charge in [0, 0.05) is 30.7 Å². The van der Waals surface area contributed by atoms with Crippen molar-refractivity contribution in [2.45, 2.75) is 38.6 Å². The first-order valence-corrected chi connectivity index (χ1v) is 6.92. The molecule has 0 bridgehead atoms. The maximum atomic E-state index is 4.32. The van der Waals surface area contributed by atoms with Crippen LogP contribution in [0, 0.1) is 0 Å². The highest BCUT2D eigenvalue weighted by molar-refractivity contribution is 7.09. The molecule has 1 aliphatic heterocycles. The summed E-state index contributed by atoms with van der Waals surface area (Å²) in [6.45, 7) is 5.58. The van der Waals surface area contributed by atoms with Crippen molar-refractivity contribution in [1.82, 2.24) is 14.7 Å². The van der Waals surface area contributed by atoms with Crippen molar-refractivity contribution in [3.05, 3.63) is 6.33 Å². The third-order valence-electron chi connectivity index (χ3n) is 3.00.